The van der Waals surface area contributed by atoms with E-state index in [4.69, 9.17) is 24.4 Å². The van der Waals surface area contributed by atoms with Crippen LogP contribution in [0.4, 0.5) is 11.4 Å². The van der Waals surface area contributed by atoms with Crippen molar-refractivity contribution in [2.45, 2.75) is 13.8 Å². The normalized spacial score (nSPS) is 9.12. The molecular weight excluding hydrogens is 438 g/mol. The van der Waals surface area contributed by atoms with Gasteiger partial charge in [-0.25, -0.2) is 0 Å². The van der Waals surface area contributed by atoms with Crippen LogP contribution >= 0.6 is 49.7 Å². The topological polar surface area (TPSA) is 6.48 Å². The van der Waals surface area contributed by atoms with Gasteiger partial charge in [-0.2, -0.15) is 0 Å². The summed E-state index contributed by atoms with van der Waals surface area (Å²) in [6.07, 6.45) is 0. The molecule has 2 aromatic rings. The van der Waals surface area contributed by atoms with Crippen LogP contribution in [0.1, 0.15) is 13.8 Å². The van der Waals surface area contributed by atoms with Crippen LogP contribution in [0.15, 0.2) is 60.7 Å². The van der Waals surface area contributed by atoms with Gasteiger partial charge >= 0.3 is 0 Å². The van der Waals surface area contributed by atoms with E-state index in [2.05, 4.69) is 39.1 Å². The summed E-state index contributed by atoms with van der Waals surface area (Å²) in [5.41, 5.74) is 2.19. The summed E-state index contributed by atoms with van der Waals surface area (Å²) in [6.45, 7) is 5.81. The Kier molecular flexibility index (Phi) is 13.5. The first-order valence-electron chi connectivity index (χ1n) is 7.62. The molecule has 0 unspecified atom stereocenters. The number of hydrogen-bond acceptors (Lipinski definition) is 2. The minimum Gasteiger partial charge on any atom is -0.328 e. The van der Waals surface area contributed by atoms with Gasteiger partial charge in [0.15, 0.2) is 0 Å². The van der Waals surface area contributed by atoms with Crippen LogP contribution in [0.3, 0.4) is 0 Å². The molecule has 7 heteroatoms. The molecule has 0 amide bonds. The van der Waals surface area contributed by atoms with Gasteiger partial charge in [0.2, 0.25) is 0 Å². The molecule has 2 nitrogen and oxygen atoms in total. The molecule has 2 aromatic carbocycles. The Balaban J connectivity index is 0.000000443. The maximum Gasteiger partial charge on any atom is 0.137 e. The van der Waals surface area contributed by atoms with E-state index in [1.54, 1.807) is 0 Å². The maximum atomic E-state index is 4.99. The van der Waals surface area contributed by atoms with Crippen molar-refractivity contribution in [2.24, 2.45) is 0 Å². The Bertz CT molecular complexity index is 581. The summed E-state index contributed by atoms with van der Waals surface area (Å²) in [5.74, 6) is 0. The van der Waals surface area contributed by atoms with Crippen molar-refractivity contribution in [1.82, 2.24) is 0 Å². The fourth-order valence-corrected chi connectivity index (χ4v) is 3.06. The predicted octanol–water partition coefficient (Wildman–Crippen LogP) is 5.45. The number of thiocarbonyl (C=S) groups is 2. The van der Waals surface area contributed by atoms with E-state index in [-0.39, 0.29) is 19.5 Å². The second-order valence-electron chi connectivity index (χ2n) is 4.72. The monoisotopic (exact) mass is 458 g/mol. The Morgan fingerprint density at radius 3 is 1.20 bits per heavy atom. The molecule has 0 aliphatic carbocycles. The van der Waals surface area contributed by atoms with Crippen LogP contribution < -0.4 is 9.80 Å². The predicted molar refractivity (Wildman–Crippen MR) is 122 cm³/mol. The van der Waals surface area contributed by atoms with E-state index in [0.717, 1.165) is 24.5 Å². The van der Waals surface area contributed by atoms with Crippen LogP contribution in [-0.4, -0.2) is 21.7 Å². The molecule has 0 saturated carbocycles. The average molecular weight is 460 g/mol. The summed E-state index contributed by atoms with van der Waals surface area (Å²) < 4.78 is 1.23. The van der Waals surface area contributed by atoms with Crippen LogP contribution in [-0.2, 0) is 19.5 Å². The summed E-state index contributed by atoms with van der Waals surface area (Å²) in [5, 5.41) is 0. The van der Waals surface area contributed by atoms with Crippen molar-refractivity contribution in [2.75, 3.05) is 22.9 Å². The average Bonchev–Trinajstić information content (AvgIpc) is 2.58. The molecular formula is C18H22N2S4Zn. The molecule has 25 heavy (non-hydrogen) atoms. The molecule has 0 atom stereocenters. The molecule has 0 saturated heterocycles. The van der Waals surface area contributed by atoms with E-state index in [1.165, 1.54) is 0 Å². The van der Waals surface area contributed by atoms with Gasteiger partial charge in [0.05, 0.1) is 0 Å². The van der Waals surface area contributed by atoms with Crippen molar-refractivity contribution < 1.29 is 19.5 Å². The first-order chi connectivity index (χ1) is 11.5. The Labute approximate surface area is 185 Å². The molecule has 0 aliphatic rings. The quantitative estimate of drug-likeness (QED) is 0.356. The molecule has 0 radical (unpaired) electrons. The molecule has 0 fully saturated rings. The Hall–Kier alpha value is -0.457. The molecule has 130 valence electrons. The summed E-state index contributed by atoms with van der Waals surface area (Å²) in [4.78, 5) is 3.94. The van der Waals surface area contributed by atoms with E-state index in [1.807, 2.05) is 70.5 Å². The Morgan fingerprint density at radius 1 is 0.720 bits per heavy atom. The number of benzene rings is 2. The number of hydrogen-bond donors (Lipinski definition) is 2. The minimum absolute atomic E-state index is 0. The molecule has 2 rings (SSSR count). The molecule has 0 N–H and O–H groups in total. The van der Waals surface area contributed by atoms with Crippen LogP contribution in [0.5, 0.6) is 0 Å². The van der Waals surface area contributed by atoms with E-state index in [0.29, 0.717) is 8.64 Å². The zero-order valence-electron chi connectivity index (χ0n) is 14.5. The van der Waals surface area contributed by atoms with E-state index < -0.39 is 0 Å². The largest absolute Gasteiger partial charge is 0.328 e. The number of nitrogens with zero attached hydrogens (tertiary/aromatic N) is 2. The fourth-order valence-electron chi connectivity index (χ4n) is 2.07. The third-order valence-corrected chi connectivity index (χ3v) is 4.15. The number of rotatable bonds is 4. The number of para-hydroxylation sites is 2. The minimum atomic E-state index is 0. The van der Waals surface area contributed by atoms with Gasteiger partial charge in [-0.05, 0) is 38.1 Å². The van der Waals surface area contributed by atoms with Crippen molar-refractivity contribution >= 4 is 69.7 Å². The van der Waals surface area contributed by atoms with Crippen LogP contribution in [0, 0.1) is 0 Å². The molecule has 0 aromatic heterocycles. The zero-order valence-corrected chi connectivity index (χ0v) is 20.9. The Morgan fingerprint density at radius 2 is 1.00 bits per heavy atom. The van der Waals surface area contributed by atoms with Crippen LogP contribution in [0.25, 0.3) is 0 Å². The first kappa shape index (κ1) is 24.5. The van der Waals surface area contributed by atoms with Crippen LogP contribution in [0.2, 0.25) is 0 Å². The molecule has 0 bridgehead atoms. The third-order valence-electron chi connectivity index (χ3n) is 3.23. The van der Waals surface area contributed by atoms with Gasteiger partial charge in [-0.3, -0.25) is 0 Å². The molecule has 0 spiro atoms. The summed E-state index contributed by atoms with van der Waals surface area (Å²) in [6, 6.07) is 20.0. The number of anilines is 2. The second-order valence-corrected chi connectivity index (χ2v) is 6.95. The maximum absolute atomic E-state index is 4.99. The fraction of sp³-hybridized carbons (Fsp3) is 0.222. The summed E-state index contributed by atoms with van der Waals surface area (Å²) in [7, 11) is 0. The van der Waals surface area contributed by atoms with Crippen molar-refractivity contribution in [3.8, 4) is 0 Å². The van der Waals surface area contributed by atoms with Gasteiger partial charge in [-0.15, -0.1) is 25.3 Å². The van der Waals surface area contributed by atoms with Gasteiger partial charge in [0.1, 0.15) is 8.64 Å². The SMILES string of the molecule is CCN(C(=S)S)c1ccccc1.CCN(C(=S)S)c1ccccc1.[Zn]. The second kappa shape index (κ2) is 13.7. The van der Waals surface area contributed by atoms with Gasteiger partial charge in [0, 0.05) is 43.9 Å². The molecule has 0 heterocycles. The summed E-state index contributed by atoms with van der Waals surface area (Å²) >= 11 is 18.3. The molecule has 0 aliphatic heterocycles. The van der Waals surface area contributed by atoms with E-state index >= 15 is 0 Å². The van der Waals surface area contributed by atoms with E-state index in [9.17, 15) is 0 Å². The number of thiol groups is 2. The zero-order chi connectivity index (χ0) is 17.9. The van der Waals surface area contributed by atoms with Crippen molar-refractivity contribution in [1.29, 1.82) is 0 Å². The van der Waals surface area contributed by atoms with Crippen molar-refractivity contribution in [3.05, 3.63) is 60.7 Å². The van der Waals surface area contributed by atoms with Gasteiger partial charge < -0.3 is 9.80 Å². The van der Waals surface area contributed by atoms with Gasteiger partial charge in [0.25, 0.3) is 0 Å². The van der Waals surface area contributed by atoms with Gasteiger partial charge in [-0.1, -0.05) is 60.8 Å². The third kappa shape index (κ3) is 8.65. The first-order valence-corrected chi connectivity index (χ1v) is 9.33. The van der Waals surface area contributed by atoms with Crippen molar-refractivity contribution in [3.63, 3.8) is 0 Å². The smallest absolute Gasteiger partial charge is 0.137 e. The standard InChI is InChI=1S/2C9H11NS2.Zn/c2*1-2-10(9(11)12)8-6-4-3-5-7-8;/h2*3-7H,2H2,1H3,(H,11,12);.